The maximum absolute atomic E-state index is 13.2. The van der Waals surface area contributed by atoms with Gasteiger partial charge in [0.1, 0.15) is 0 Å². The molecule has 0 saturated carbocycles. The van der Waals surface area contributed by atoms with Gasteiger partial charge in [0.15, 0.2) is 6.29 Å². The van der Waals surface area contributed by atoms with Gasteiger partial charge in [0.25, 0.3) is 5.91 Å². The van der Waals surface area contributed by atoms with E-state index in [2.05, 4.69) is 27.0 Å². The first-order valence-electron chi connectivity index (χ1n) is 11.3. The minimum absolute atomic E-state index is 0.351. The van der Waals surface area contributed by atoms with Gasteiger partial charge < -0.3 is 15.2 Å². The van der Waals surface area contributed by atoms with E-state index in [9.17, 15) is 10.1 Å². The van der Waals surface area contributed by atoms with Crippen LogP contribution in [0.5, 0.6) is 0 Å². The third-order valence-corrected chi connectivity index (χ3v) is 6.53. The van der Waals surface area contributed by atoms with Crippen molar-refractivity contribution in [2.45, 2.75) is 25.3 Å². The first-order valence-corrected chi connectivity index (χ1v) is 12.4. The second kappa shape index (κ2) is 11.7. The van der Waals surface area contributed by atoms with Gasteiger partial charge in [0.05, 0.1) is 23.5 Å². The zero-order valence-corrected chi connectivity index (χ0v) is 22.0. The molecule has 37 heavy (non-hydrogen) atoms. The fraction of sp³-hybridized carbons (Fsp3) is 0.148. The lowest BCUT2D eigenvalue weighted by molar-refractivity contribution is 0.0923. The SMILES string of the molecule is C[C@](Cn1ccnc1)(NC(NC(=O)c1cccc(C#N)c1)Nc1ccc(Cl)cc1)c1ccc(Cl)cc1Cl. The quantitative estimate of drug-likeness (QED) is 0.220. The van der Waals surface area contributed by atoms with E-state index >= 15 is 0 Å². The number of hydrogen-bond acceptors (Lipinski definition) is 5. The molecule has 1 heterocycles. The Kier molecular flexibility index (Phi) is 8.37. The number of amides is 1. The number of nitriles is 1. The lowest BCUT2D eigenvalue weighted by Gasteiger charge is -2.37. The lowest BCUT2D eigenvalue weighted by Crippen LogP contribution is -2.58. The van der Waals surface area contributed by atoms with Crippen molar-refractivity contribution in [1.82, 2.24) is 20.2 Å². The number of carbonyl (C=O) groups is 1. The molecule has 0 aliphatic heterocycles. The molecule has 4 aromatic rings. The van der Waals surface area contributed by atoms with Crippen molar-refractivity contribution >= 4 is 46.4 Å². The highest BCUT2D eigenvalue weighted by atomic mass is 35.5. The summed E-state index contributed by atoms with van der Waals surface area (Å²) in [6.45, 7) is 2.41. The molecule has 1 unspecified atom stereocenters. The van der Waals surface area contributed by atoms with Crippen LogP contribution in [0, 0.1) is 11.3 Å². The van der Waals surface area contributed by atoms with Crippen LogP contribution in [0.1, 0.15) is 28.4 Å². The van der Waals surface area contributed by atoms with Gasteiger partial charge in [-0.15, -0.1) is 0 Å². The number of carbonyl (C=O) groups excluding carboxylic acids is 1. The second-order valence-electron chi connectivity index (χ2n) is 8.59. The number of imidazole rings is 1. The van der Waals surface area contributed by atoms with Crippen LogP contribution in [-0.2, 0) is 12.1 Å². The summed E-state index contributed by atoms with van der Waals surface area (Å²) >= 11 is 18.9. The van der Waals surface area contributed by atoms with Gasteiger partial charge in [-0.25, -0.2) is 4.98 Å². The third kappa shape index (κ3) is 6.82. The van der Waals surface area contributed by atoms with E-state index in [0.29, 0.717) is 32.7 Å². The molecule has 1 aromatic heterocycles. The average Bonchev–Trinajstić information content (AvgIpc) is 3.38. The Morgan fingerprint density at radius 3 is 2.51 bits per heavy atom. The van der Waals surface area contributed by atoms with Gasteiger partial charge in [-0.05, 0) is 67.1 Å². The Labute approximate surface area is 230 Å². The molecule has 0 aliphatic rings. The summed E-state index contributed by atoms with van der Waals surface area (Å²) in [6.07, 6.45) is 4.48. The molecular weight excluding hydrogens is 531 g/mol. The first kappa shape index (κ1) is 26.5. The number of nitrogens with one attached hydrogen (secondary N) is 3. The molecule has 10 heteroatoms. The summed E-state index contributed by atoms with van der Waals surface area (Å²) in [5, 5.41) is 20.6. The van der Waals surface area contributed by atoms with Gasteiger partial charge >= 0.3 is 0 Å². The standard InChI is InChI=1S/C27H23Cl3N6O/c1-27(16-36-12-11-32-17-36,23-10-7-21(29)14-24(23)30)35-26(33-22-8-5-20(28)6-9-22)34-25(37)19-4-2-3-18(13-19)15-31/h2-14,17,26,33,35H,16H2,1H3,(H,34,37)/t26?,27-/m1/s1. The van der Waals surface area contributed by atoms with Crippen molar-refractivity contribution < 1.29 is 4.79 Å². The number of rotatable bonds is 9. The normalized spacial score (nSPS) is 13.3. The van der Waals surface area contributed by atoms with E-state index < -0.39 is 11.8 Å². The summed E-state index contributed by atoms with van der Waals surface area (Å²) in [6, 6.07) is 21.0. The van der Waals surface area contributed by atoms with Crippen LogP contribution >= 0.6 is 34.8 Å². The number of aromatic nitrogens is 2. The van der Waals surface area contributed by atoms with Gasteiger partial charge in [-0.3, -0.25) is 10.1 Å². The molecule has 7 nitrogen and oxygen atoms in total. The Balaban J connectivity index is 1.70. The zero-order valence-electron chi connectivity index (χ0n) is 19.8. The molecule has 1 amide bonds. The van der Waals surface area contributed by atoms with Crippen LogP contribution in [0.3, 0.4) is 0 Å². The van der Waals surface area contributed by atoms with Gasteiger partial charge in [0, 0.05) is 45.3 Å². The highest BCUT2D eigenvalue weighted by Gasteiger charge is 2.33. The number of nitrogens with zero attached hydrogens (tertiary/aromatic N) is 3. The van der Waals surface area contributed by atoms with Crippen molar-refractivity contribution in [3.05, 3.63) is 117 Å². The second-order valence-corrected chi connectivity index (χ2v) is 9.87. The molecule has 0 aliphatic carbocycles. The van der Waals surface area contributed by atoms with E-state index in [1.807, 2.05) is 35.9 Å². The Morgan fingerprint density at radius 1 is 1.08 bits per heavy atom. The molecule has 3 N–H and O–H groups in total. The molecule has 4 rings (SSSR count). The lowest BCUT2D eigenvalue weighted by atomic mass is 9.91. The fourth-order valence-electron chi connectivity index (χ4n) is 3.97. The zero-order chi connectivity index (χ0) is 26.4. The predicted octanol–water partition coefficient (Wildman–Crippen LogP) is 6.05. The number of anilines is 1. The monoisotopic (exact) mass is 552 g/mol. The van der Waals surface area contributed by atoms with Crippen LogP contribution in [0.2, 0.25) is 15.1 Å². The smallest absolute Gasteiger partial charge is 0.253 e. The van der Waals surface area contributed by atoms with Crippen LogP contribution in [0.4, 0.5) is 5.69 Å². The summed E-state index contributed by atoms with van der Waals surface area (Å²) < 4.78 is 1.91. The molecule has 0 radical (unpaired) electrons. The minimum Gasteiger partial charge on any atom is -0.353 e. The predicted molar refractivity (Wildman–Crippen MR) is 147 cm³/mol. The van der Waals surface area contributed by atoms with E-state index in [4.69, 9.17) is 34.8 Å². The van der Waals surface area contributed by atoms with Crippen LogP contribution in [0.25, 0.3) is 0 Å². The van der Waals surface area contributed by atoms with E-state index in [1.54, 1.807) is 55.0 Å². The molecule has 188 valence electrons. The maximum atomic E-state index is 13.2. The van der Waals surface area contributed by atoms with Crippen LogP contribution < -0.4 is 16.0 Å². The largest absolute Gasteiger partial charge is 0.353 e. The van der Waals surface area contributed by atoms with Crippen LogP contribution in [0.15, 0.2) is 85.5 Å². The van der Waals surface area contributed by atoms with Crippen molar-refractivity contribution in [3.63, 3.8) is 0 Å². The van der Waals surface area contributed by atoms with Gasteiger partial charge in [-0.2, -0.15) is 5.26 Å². The number of halogens is 3. The average molecular weight is 554 g/mol. The molecule has 0 spiro atoms. The summed E-state index contributed by atoms with van der Waals surface area (Å²) in [5.74, 6) is -0.372. The number of hydrogen-bond donors (Lipinski definition) is 3. The molecule has 2 atom stereocenters. The summed E-state index contributed by atoms with van der Waals surface area (Å²) in [5.41, 5.74) is 1.44. The van der Waals surface area contributed by atoms with Gasteiger partial charge in [-0.1, -0.05) is 46.9 Å². The molecule has 3 aromatic carbocycles. The van der Waals surface area contributed by atoms with Crippen molar-refractivity contribution in [2.75, 3.05) is 5.32 Å². The van der Waals surface area contributed by atoms with Gasteiger partial charge in [0.2, 0.25) is 0 Å². The Bertz CT molecular complexity index is 1420. The third-order valence-electron chi connectivity index (χ3n) is 5.73. The number of benzene rings is 3. The Morgan fingerprint density at radius 2 is 1.84 bits per heavy atom. The Hall–Kier alpha value is -3.54. The highest BCUT2D eigenvalue weighted by molar-refractivity contribution is 6.35. The topological polar surface area (TPSA) is 94.8 Å². The van der Waals surface area contributed by atoms with Crippen molar-refractivity contribution in [3.8, 4) is 6.07 Å². The van der Waals surface area contributed by atoms with E-state index in [-0.39, 0.29) is 5.91 Å². The minimum atomic E-state index is -0.797. The molecule has 0 bridgehead atoms. The summed E-state index contributed by atoms with van der Waals surface area (Å²) in [4.78, 5) is 17.4. The fourth-order valence-corrected chi connectivity index (χ4v) is 4.72. The maximum Gasteiger partial charge on any atom is 0.253 e. The first-order chi connectivity index (χ1) is 17.8. The van der Waals surface area contributed by atoms with Crippen LogP contribution in [-0.4, -0.2) is 21.7 Å². The van der Waals surface area contributed by atoms with E-state index in [1.165, 1.54) is 6.07 Å². The van der Waals surface area contributed by atoms with E-state index in [0.717, 1.165) is 11.3 Å². The molecular formula is C27H23Cl3N6O. The van der Waals surface area contributed by atoms with Crippen molar-refractivity contribution in [1.29, 1.82) is 5.26 Å². The molecule has 0 saturated heterocycles. The molecule has 0 fully saturated rings. The highest BCUT2D eigenvalue weighted by Crippen LogP contribution is 2.32. The van der Waals surface area contributed by atoms with Crippen molar-refractivity contribution in [2.24, 2.45) is 0 Å². The summed E-state index contributed by atoms with van der Waals surface area (Å²) in [7, 11) is 0.